The molecule has 1 aliphatic heterocycles. The maximum absolute atomic E-state index is 12.9. The molecule has 5 nitrogen and oxygen atoms in total. The summed E-state index contributed by atoms with van der Waals surface area (Å²) < 4.78 is 4.04. The van der Waals surface area contributed by atoms with Crippen LogP contribution in [0.15, 0.2) is 67.3 Å². The van der Waals surface area contributed by atoms with Gasteiger partial charge < -0.3 is 9.47 Å². The van der Waals surface area contributed by atoms with E-state index in [2.05, 4.69) is 9.67 Å². The van der Waals surface area contributed by atoms with E-state index < -0.39 is 0 Å². The lowest BCUT2D eigenvalue weighted by Crippen LogP contribution is -2.38. The second-order valence-corrected chi connectivity index (χ2v) is 6.58. The standard InChI is InChI=1S/C20H22N4O/c25-20(24-14-3-5-19(24)16-23-13-4-10-21-23)18-8-6-17(7-9-18)15-22-11-1-2-12-22/h1-2,4,6-13,19H,3,5,14-16H2/t19-/m0/s1. The molecule has 2 aromatic heterocycles. The molecule has 128 valence electrons. The zero-order valence-corrected chi connectivity index (χ0v) is 14.2. The topological polar surface area (TPSA) is 43.1 Å². The van der Waals surface area contributed by atoms with E-state index in [1.54, 1.807) is 6.20 Å². The summed E-state index contributed by atoms with van der Waals surface area (Å²) >= 11 is 0. The van der Waals surface area contributed by atoms with E-state index in [1.165, 1.54) is 5.56 Å². The maximum atomic E-state index is 12.9. The van der Waals surface area contributed by atoms with E-state index in [0.717, 1.165) is 38.0 Å². The molecule has 1 saturated heterocycles. The Hall–Kier alpha value is -2.82. The molecular weight excluding hydrogens is 312 g/mol. The van der Waals surface area contributed by atoms with Crippen LogP contribution in [0, 0.1) is 0 Å². The number of likely N-dealkylation sites (tertiary alicyclic amines) is 1. The highest BCUT2D eigenvalue weighted by molar-refractivity contribution is 5.94. The van der Waals surface area contributed by atoms with Crippen molar-refractivity contribution >= 4 is 5.91 Å². The van der Waals surface area contributed by atoms with E-state index in [9.17, 15) is 4.79 Å². The molecule has 0 N–H and O–H groups in total. The lowest BCUT2D eigenvalue weighted by Gasteiger charge is -2.25. The fourth-order valence-electron chi connectivity index (χ4n) is 3.52. The van der Waals surface area contributed by atoms with Gasteiger partial charge in [0, 0.05) is 43.4 Å². The van der Waals surface area contributed by atoms with Crippen LogP contribution in [-0.4, -0.2) is 37.7 Å². The Morgan fingerprint density at radius 3 is 2.60 bits per heavy atom. The Labute approximate surface area is 147 Å². The predicted octanol–water partition coefficient (Wildman–Crippen LogP) is 3.04. The van der Waals surface area contributed by atoms with Gasteiger partial charge in [-0.15, -0.1) is 0 Å². The van der Waals surface area contributed by atoms with Crippen LogP contribution in [0.25, 0.3) is 0 Å². The van der Waals surface area contributed by atoms with Gasteiger partial charge in [-0.1, -0.05) is 12.1 Å². The Morgan fingerprint density at radius 2 is 1.88 bits per heavy atom. The van der Waals surface area contributed by atoms with Gasteiger partial charge in [-0.05, 0) is 48.7 Å². The molecular formula is C20H22N4O. The molecule has 5 heteroatoms. The van der Waals surface area contributed by atoms with Crippen molar-refractivity contribution in [3.8, 4) is 0 Å². The summed E-state index contributed by atoms with van der Waals surface area (Å²) in [6.07, 6.45) is 9.93. The lowest BCUT2D eigenvalue weighted by molar-refractivity contribution is 0.0721. The minimum Gasteiger partial charge on any atom is -0.350 e. The average Bonchev–Trinajstić information content (AvgIpc) is 3.38. The van der Waals surface area contributed by atoms with Crippen molar-refractivity contribution in [1.82, 2.24) is 19.2 Å². The number of rotatable bonds is 5. The summed E-state index contributed by atoms with van der Waals surface area (Å²) in [5.74, 6) is 0.127. The summed E-state index contributed by atoms with van der Waals surface area (Å²) in [4.78, 5) is 14.9. The fourth-order valence-corrected chi connectivity index (χ4v) is 3.52. The van der Waals surface area contributed by atoms with Crippen molar-refractivity contribution in [3.05, 3.63) is 78.4 Å². The number of carbonyl (C=O) groups is 1. The first kappa shape index (κ1) is 15.7. The number of hydrogen-bond donors (Lipinski definition) is 0. The van der Waals surface area contributed by atoms with Crippen molar-refractivity contribution < 1.29 is 4.79 Å². The summed E-state index contributed by atoms with van der Waals surface area (Å²) in [6.45, 7) is 2.42. The normalized spacial score (nSPS) is 17.1. The number of aromatic nitrogens is 3. The molecule has 1 aromatic carbocycles. The third-order valence-corrected chi connectivity index (χ3v) is 4.83. The molecule has 0 radical (unpaired) electrons. The molecule has 25 heavy (non-hydrogen) atoms. The lowest BCUT2D eigenvalue weighted by atomic mass is 10.1. The van der Waals surface area contributed by atoms with Crippen molar-refractivity contribution in [2.45, 2.75) is 32.0 Å². The highest BCUT2D eigenvalue weighted by Crippen LogP contribution is 2.21. The van der Waals surface area contributed by atoms with Crippen LogP contribution in [0.4, 0.5) is 0 Å². The van der Waals surface area contributed by atoms with Crippen LogP contribution in [0.3, 0.4) is 0 Å². The minimum atomic E-state index is 0.127. The first-order chi connectivity index (χ1) is 12.3. The highest BCUT2D eigenvalue weighted by atomic mass is 16.2. The van der Waals surface area contributed by atoms with Gasteiger partial charge in [-0.2, -0.15) is 5.10 Å². The number of carbonyl (C=O) groups excluding carboxylic acids is 1. The Bertz CT molecular complexity index is 806. The molecule has 1 amide bonds. The Kier molecular flexibility index (Phi) is 4.37. The largest absolute Gasteiger partial charge is 0.350 e. The summed E-state index contributed by atoms with van der Waals surface area (Å²) in [6, 6.07) is 14.2. The summed E-state index contributed by atoms with van der Waals surface area (Å²) in [5.41, 5.74) is 1.96. The summed E-state index contributed by atoms with van der Waals surface area (Å²) in [5, 5.41) is 4.27. The molecule has 1 fully saturated rings. The second kappa shape index (κ2) is 6.97. The van der Waals surface area contributed by atoms with E-state index in [0.29, 0.717) is 0 Å². The fraction of sp³-hybridized carbons (Fsp3) is 0.300. The first-order valence-corrected chi connectivity index (χ1v) is 8.78. The molecule has 3 aromatic rings. The molecule has 0 unspecified atom stereocenters. The van der Waals surface area contributed by atoms with E-state index in [4.69, 9.17) is 0 Å². The average molecular weight is 334 g/mol. The van der Waals surface area contributed by atoms with Crippen LogP contribution in [0.5, 0.6) is 0 Å². The van der Waals surface area contributed by atoms with E-state index >= 15 is 0 Å². The second-order valence-electron chi connectivity index (χ2n) is 6.58. The highest BCUT2D eigenvalue weighted by Gasteiger charge is 2.29. The van der Waals surface area contributed by atoms with Gasteiger partial charge in [0.05, 0.1) is 12.6 Å². The number of benzene rings is 1. The van der Waals surface area contributed by atoms with Crippen molar-refractivity contribution in [2.24, 2.45) is 0 Å². The Balaban J connectivity index is 1.44. The van der Waals surface area contributed by atoms with Gasteiger partial charge in [0.25, 0.3) is 5.91 Å². The van der Waals surface area contributed by atoms with Crippen LogP contribution >= 0.6 is 0 Å². The molecule has 1 atom stereocenters. The third-order valence-electron chi connectivity index (χ3n) is 4.83. The maximum Gasteiger partial charge on any atom is 0.254 e. The first-order valence-electron chi connectivity index (χ1n) is 8.78. The Morgan fingerprint density at radius 1 is 1.08 bits per heavy atom. The monoisotopic (exact) mass is 334 g/mol. The van der Waals surface area contributed by atoms with Crippen LogP contribution < -0.4 is 0 Å². The van der Waals surface area contributed by atoms with Crippen LogP contribution in [0.1, 0.15) is 28.8 Å². The number of amides is 1. The van der Waals surface area contributed by atoms with E-state index in [-0.39, 0.29) is 11.9 Å². The molecule has 0 spiro atoms. The molecule has 3 heterocycles. The van der Waals surface area contributed by atoms with Gasteiger partial charge in [0.1, 0.15) is 0 Å². The molecule has 0 bridgehead atoms. The zero-order chi connectivity index (χ0) is 17.1. The van der Waals surface area contributed by atoms with E-state index in [1.807, 2.05) is 70.6 Å². The minimum absolute atomic E-state index is 0.127. The number of hydrogen-bond acceptors (Lipinski definition) is 2. The molecule has 0 saturated carbocycles. The molecule has 0 aliphatic carbocycles. The van der Waals surface area contributed by atoms with Crippen molar-refractivity contribution in [3.63, 3.8) is 0 Å². The number of nitrogens with zero attached hydrogens (tertiary/aromatic N) is 4. The van der Waals surface area contributed by atoms with Gasteiger partial charge in [0.15, 0.2) is 0 Å². The van der Waals surface area contributed by atoms with Crippen LogP contribution in [-0.2, 0) is 13.1 Å². The van der Waals surface area contributed by atoms with Gasteiger partial charge >= 0.3 is 0 Å². The van der Waals surface area contributed by atoms with Crippen molar-refractivity contribution in [2.75, 3.05) is 6.54 Å². The zero-order valence-electron chi connectivity index (χ0n) is 14.2. The quantitative estimate of drug-likeness (QED) is 0.720. The van der Waals surface area contributed by atoms with Gasteiger partial charge in [0.2, 0.25) is 0 Å². The SMILES string of the molecule is O=C(c1ccc(Cn2cccc2)cc1)N1CCC[C@H]1Cn1cccn1. The summed E-state index contributed by atoms with van der Waals surface area (Å²) in [7, 11) is 0. The predicted molar refractivity (Wildman–Crippen MR) is 96.3 cm³/mol. The molecule has 4 rings (SSSR count). The smallest absolute Gasteiger partial charge is 0.254 e. The van der Waals surface area contributed by atoms with Gasteiger partial charge in [-0.3, -0.25) is 9.48 Å². The van der Waals surface area contributed by atoms with Crippen molar-refractivity contribution in [1.29, 1.82) is 0 Å². The van der Waals surface area contributed by atoms with Crippen LogP contribution in [0.2, 0.25) is 0 Å². The third kappa shape index (κ3) is 3.50. The molecule has 1 aliphatic rings. The van der Waals surface area contributed by atoms with Gasteiger partial charge in [-0.25, -0.2) is 0 Å².